The molecule has 1 aliphatic rings. The summed E-state index contributed by atoms with van der Waals surface area (Å²) in [6.07, 6.45) is 5.72. The number of para-hydroxylation sites is 3. The first kappa shape index (κ1) is 42.4. The molecule has 0 aliphatic carbocycles. The molecule has 12 aromatic rings. The molecule has 0 atom stereocenters. The van der Waals surface area contributed by atoms with Gasteiger partial charge in [0.2, 0.25) is 0 Å². The molecule has 376 valence electrons. The van der Waals surface area contributed by atoms with Gasteiger partial charge in [0.15, 0.2) is 0 Å². The van der Waals surface area contributed by atoms with Crippen LogP contribution in [-0.2, 0) is 16.2 Å². The standard InChI is InChI=1S/C72H62N4O/c1-70(2,3)49-36-37-73-67(42-49)76-64-30-16-15-26-59(64)60-35-33-54(44-66(60)76)77-53-23-17-22-52(43-53)74-45-75-68-55(46-20-11-10-12-21-46)27-18-28-62(68)63-40-47(48-38-50(71(4,5)6)41-51(39-48)72(7,8)9)32-34-58(63)56-24-13-14-25-57(56)61-29-19-31-65(74)69(61)75/h10-44H,1-9H3/i10D,11D,12D,20D,21D. The van der Waals surface area contributed by atoms with Crippen LogP contribution < -0.4 is 9.30 Å². The summed E-state index contributed by atoms with van der Waals surface area (Å²) >= 11 is 0. The third-order valence-electron chi connectivity index (χ3n) is 15.3. The van der Waals surface area contributed by atoms with Crippen molar-refractivity contribution in [1.29, 1.82) is 0 Å². The van der Waals surface area contributed by atoms with Crippen molar-refractivity contribution in [3.05, 3.63) is 235 Å². The molecule has 5 nitrogen and oxygen atoms in total. The smallest absolute Gasteiger partial charge is 0.269 e. The number of rotatable bonds is 6. The number of aromatic nitrogens is 4. The number of nitrogens with zero attached hydrogens (tertiary/aromatic N) is 4. The maximum Gasteiger partial charge on any atom is 0.269 e. The molecular weight excluding hydrogens is 937 g/mol. The number of fused-ring (bicyclic) bond motifs is 10. The molecule has 13 rings (SSSR count). The van der Waals surface area contributed by atoms with Gasteiger partial charge in [-0.1, -0.05) is 208 Å². The molecule has 0 N–H and O–H groups in total. The minimum atomic E-state index is -0.447. The largest absolute Gasteiger partial charge is 0.458 e. The average Bonchev–Trinajstić information content (AvgIpc) is 2.63. The van der Waals surface area contributed by atoms with E-state index in [0.29, 0.717) is 22.7 Å². The summed E-state index contributed by atoms with van der Waals surface area (Å²) < 4.78 is 58.6. The summed E-state index contributed by atoms with van der Waals surface area (Å²) in [7, 11) is 0. The summed E-state index contributed by atoms with van der Waals surface area (Å²) in [6.45, 7) is 20.2. The van der Waals surface area contributed by atoms with Gasteiger partial charge in [-0.25, -0.2) is 4.98 Å². The van der Waals surface area contributed by atoms with E-state index in [-0.39, 0.29) is 33.9 Å². The van der Waals surface area contributed by atoms with E-state index in [1.165, 1.54) is 16.7 Å². The SMILES string of the molecule is [2H]c1c([2H])c([2H])c(-c2cccc3c2-[n+]2[c-]n(-c4cccc(Oc5ccc6c7ccccc7n(-c7cc(C(C)(C)C)ccn7)c6c5)c4)c4cccc(c42)-c2ccccc2-c2ccc(-c4cc(C(C)(C)C)cc(C(C)(C)C)c4)cc2-3)c([2H])c1[2H]. The van der Waals surface area contributed by atoms with Crippen molar-refractivity contribution >= 4 is 32.8 Å². The lowest BCUT2D eigenvalue weighted by atomic mass is 9.78. The number of pyridine rings is 1. The Morgan fingerprint density at radius 1 is 0.455 bits per heavy atom. The van der Waals surface area contributed by atoms with Crippen LogP contribution in [0.4, 0.5) is 0 Å². The molecule has 0 amide bonds. The van der Waals surface area contributed by atoms with E-state index < -0.39 is 18.1 Å². The second kappa shape index (κ2) is 17.9. The molecule has 0 radical (unpaired) electrons. The molecule has 9 aromatic carbocycles. The Balaban J connectivity index is 1.04. The van der Waals surface area contributed by atoms with Gasteiger partial charge in [-0.05, 0) is 143 Å². The van der Waals surface area contributed by atoms with Gasteiger partial charge in [-0.15, -0.1) is 0 Å². The fourth-order valence-corrected chi connectivity index (χ4v) is 11.2. The Bertz CT molecular complexity index is 4560. The van der Waals surface area contributed by atoms with Crippen LogP contribution in [0, 0.1) is 6.33 Å². The molecule has 0 saturated heterocycles. The molecule has 77 heavy (non-hydrogen) atoms. The third kappa shape index (κ3) is 8.33. The first-order valence-electron chi connectivity index (χ1n) is 29.0. The first-order chi connectivity index (χ1) is 39.1. The van der Waals surface area contributed by atoms with Crippen LogP contribution in [0.5, 0.6) is 11.5 Å². The van der Waals surface area contributed by atoms with E-state index in [9.17, 15) is 2.74 Å². The maximum absolute atomic E-state index is 9.46. The topological polar surface area (TPSA) is 35.9 Å². The van der Waals surface area contributed by atoms with E-state index >= 15 is 0 Å². The average molecular weight is 1000 g/mol. The van der Waals surface area contributed by atoms with Crippen LogP contribution in [0.15, 0.2) is 212 Å². The third-order valence-corrected chi connectivity index (χ3v) is 15.3. The van der Waals surface area contributed by atoms with E-state index in [1.807, 2.05) is 53.2 Å². The number of hydrogen-bond donors (Lipinski definition) is 0. The zero-order valence-electron chi connectivity index (χ0n) is 50.0. The Hall–Kier alpha value is -8.80. The Labute approximate surface area is 459 Å². The van der Waals surface area contributed by atoms with Crippen molar-refractivity contribution in [2.75, 3.05) is 0 Å². The lowest BCUT2D eigenvalue weighted by molar-refractivity contribution is -0.570. The van der Waals surface area contributed by atoms with E-state index in [2.05, 4.69) is 211 Å². The van der Waals surface area contributed by atoms with Gasteiger partial charge in [-0.3, -0.25) is 13.7 Å². The van der Waals surface area contributed by atoms with Gasteiger partial charge in [0, 0.05) is 23.0 Å². The lowest BCUT2D eigenvalue weighted by Crippen LogP contribution is -2.32. The van der Waals surface area contributed by atoms with Crippen LogP contribution in [-0.4, -0.2) is 14.1 Å². The Kier molecular flexibility index (Phi) is 9.87. The van der Waals surface area contributed by atoms with Crippen molar-refractivity contribution in [2.24, 2.45) is 0 Å². The molecule has 0 unspecified atom stereocenters. The minimum Gasteiger partial charge on any atom is -0.458 e. The fraction of sp³-hybridized carbons (Fsp3) is 0.167. The highest BCUT2D eigenvalue weighted by molar-refractivity contribution is 6.09. The van der Waals surface area contributed by atoms with E-state index in [4.69, 9.17) is 13.8 Å². The molecule has 1 aliphatic heterocycles. The predicted molar refractivity (Wildman–Crippen MR) is 319 cm³/mol. The predicted octanol–water partition coefficient (Wildman–Crippen LogP) is 18.5. The van der Waals surface area contributed by atoms with Crippen LogP contribution in [0.25, 0.3) is 106 Å². The molecule has 0 bridgehead atoms. The quantitative estimate of drug-likeness (QED) is 0.123. The summed E-state index contributed by atoms with van der Waals surface area (Å²) in [5.74, 6) is 2.11. The molecule has 5 heteroatoms. The summed E-state index contributed by atoms with van der Waals surface area (Å²) in [5, 5.41) is 2.22. The molecule has 0 fully saturated rings. The van der Waals surface area contributed by atoms with Gasteiger partial charge in [-0.2, -0.15) is 0 Å². The highest BCUT2D eigenvalue weighted by Gasteiger charge is 2.28. The number of benzene rings is 9. The van der Waals surface area contributed by atoms with Crippen LogP contribution in [0.3, 0.4) is 0 Å². The van der Waals surface area contributed by atoms with Crippen molar-refractivity contribution < 1.29 is 16.2 Å². The van der Waals surface area contributed by atoms with Crippen molar-refractivity contribution in [3.8, 4) is 84.3 Å². The minimum absolute atomic E-state index is 0.0684. The summed E-state index contributed by atoms with van der Waals surface area (Å²) in [5.41, 5.74) is 16.9. The van der Waals surface area contributed by atoms with Crippen LogP contribution >= 0.6 is 0 Å². The highest BCUT2D eigenvalue weighted by atomic mass is 16.5. The second-order valence-corrected chi connectivity index (χ2v) is 23.5. The zero-order chi connectivity index (χ0) is 57.3. The van der Waals surface area contributed by atoms with Crippen molar-refractivity contribution in [1.82, 2.24) is 14.1 Å². The Morgan fingerprint density at radius 2 is 1.08 bits per heavy atom. The van der Waals surface area contributed by atoms with E-state index in [0.717, 1.165) is 88.9 Å². The number of ether oxygens (including phenoxy) is 1. The molecule has 0 spiro atoms. The van der Waals surface area contributed by atoms with Gasteiger partial charge >= 0.3 is 0 Å². The number of hydrogen-bond acceptors (Lipinski definition) is 2. The maximum atomic E-state index is 9.46. The van der Waals surface area contributed by atoms with Gasteiger partial charge in [0.25, 0.3) is 6.33 Å². The zero-order valence-corrected chi connectivity index (χ0v) is 45.0. The van der Waals surface area contributed by atoms with Gasteiger partial charge < -0.3 is 4.74 Å². The lowest BCUT2D eigenvalue weighted by Gasteiger charge is -2.26. The monoisotopic (exact) mass is 1000 g/mol. The normalized spacial score (nSPS) is 13.4. The summed E-state index contributed by atoms with van der Waals surface area (Å²) in [6, 6.07) is 59.5. The second-order valence-electron chi connectivity index (χ2n) is 23.5. The van der Waals surface area contributed by atoms with Gasteiger partial charge in [0.1, 0.15) is 17.3 Å². The van der Waals surface area contributed by atoms with Crippen molar-refractivity contribution in [3.63, 3.8) is 0 Å². The summed E-state index contributed by atoms with van der Waals surface area (Å²) in [4.78, 5) is 4.90. The fourth-order valence-electron chi connectivity index (χ4n) is 11.2. The van der Waals surface area contributed by atoms with Gasteiger partial charge in [0.05, 0.1) is 40.3 Å². The first-order valence-corrected chi connectivity index (χ1v) is 26.5. The highest BCUT2D eigenvalue weighted by Crippen LogP contribution is 2.47. The molecule has 3 aromatic heterocycles. The van der Waals surface area contributed by atoms with Crippen molar-refractivity contribution in [2.45, 2.75) is 78.6 Å². The Morgan fingerprint density at radius 3 is 1.84 bits per heavy atom. The van der Waals surface area contributed by atoms with E-state index in [1.54, 1.807) is 0 Å². The molecule has 4 heterocycles. The van der Waals surface area contributed by atoms with Crippen LogP contribution in [0.1, 0.15) is 85.9 Å². The molecular formula is C72H62N4O. The molecule has 0 saturated carbocycles. The number of imidazole rings is 1. The van der Waals surface area contributed by atoms with Crippen LogP contribution in [0.2, 0.25) is 0 Å².